The Bertz CT molecular complexity index is 414. The van der Waals surface area contributed by atoms with Gasteiger partial charge < -0.3 is 9.30 Å². The summed E-state index contributed by atoms with van der Waals surface area (Å²) in [5, 5.41) is 0. The Balaban J connectivity index is 2.32. The summed E-state index contributed by atoms with van der Waals surface area (Å²) in [6.45, 7) is 8.01. The molecule has 1 aromatic heterocycles. The Morgan fingerprint density at radius 3 is 2.65 bits per heavy atom. The van der Waals surface area contributed by atoms with Crippen molar-refractivity contribution in [3.05, 3.63) is 22.5 Å². The van der Waals surface area contributed by atoms with Crippen molar-refractivity contribution >= 4 is 6.29 Å². The molecule has 0 bridgehead atoms. The van der Waals surface area contributed by atoms with E-state index < -0.39 is 0 Å². The predicted molar refractivity (Wildman–Crippen MR) is 67.6 cm³/mol. The zero-order chi connectivity index (χ0) is 12.4. The monoisotopic (exact) mass is 235 g/mol. The largest absolute Gasteiger partial charge is 0.376 e. The van der Waals surface area contributed by atoms with Crippen molar-refractivity contribution in [3.63, 3.8) is 0 Å². The summed E-state index contributed by atoms with van der Waals surface area (Å²) in [6.07, 6.45) is 4.52. The Morgan fingerprint density at radius 2 is 2.18 bits per heavy atom. The molecule has 1 aliphatic heterocycles. The number of carbonyl (C=O) groups is 1. The Kier molecular flexibility index (Phi) is 3.67. The first-order valence-electron chi connectivity index (χ1n) is 6.44. The van der Waals surface area contributed by atoms with Crippen LogP contribution >= 0.6 is 0 Å². The molecule has 94 valence electrons. The summed E-state index contributed by atoms with van der Waals surface area (Å²) >= 11 is 0. The van der Waals surface area contributed by atoms with Gasteiger partial charge in [0, 0.05) is 30.1 Å². The first kappa shape index (κ1) is 12.4. The number of hydrogen-bond acceptors (Lipinski definition) is 2. The molecule has 17 heavy (non-hydrogen) atoms. The van der Waals surface area contributed by atoms with Crippen molar-refractivity contribution in [1.29, 1.82) is 0 Å². The van der Waals surface area contributed by atoms with Crippen LogP contribution in [0.25, 0.3) is 0 Å². The van der Waals surface area contributed by atoms with Gasteiger partial charge in [0.2, 0.25) is 0 Å². The van der Waals surface area contributed by atoms with E-state index in [4.69, 9.17) is 4.74 Å². The topological polar surface area (TPSA) is 31.2 Å². The molecule has 0 N–H and O–H groups in total. The smallest absolute Gasteiger partial charge is 0.152 e. The van der Waals surface area contributed by atoms with Crippen LogP contribution in [0.4, 0.5) is 0 Å². The van der Waals surface area contributed by atoms with E-state index >= 15 is 0 Å². The maximum absolute atomic E-state index is 11.2. The molecule has 2 heterocycles. The average Bonchev–Trinajstić information content (AvgIpc) is 2.90. The lowest BCUT2D eigenvalue weighted by Crippen LogP contribution is -2.17. The molecule has 1 aromatic rings. The van der Waals surface area contributed by atoms with Gasteiger partial charge in [0.25, 0.3) is 0 Å². The number of hydrogen-bond donors (Lipinski definition) is 0. The number of rotatable bonds is 4. The van der Waals surface area contributed by atoms with Gasteiger partial charge in [-0.3, -0.25) is 4.79 Å². The molecule has 1 atom stereocenters. The highest BCUT2D eigenvalue weighted by Gasteiger charge is 2.21. The second-order valence-electron chi connectivity index (χ2n) is 4.78. The molecule has 1 aliphatic rings. The highest BCUT2D eigenvalue weighted by atomic mass is 16.5. The molecule has 0 unspecified atom stereocenters. The maximum Gasteiger partial charge on any atom is 0.152 e. The van der Waals surface area contributed by atoms with Crippen molar-refractivity contribution < 1.29 is 9.53 Å². The molecule has 0 saturated carbocycles. The third-order valence-electron chi connectivity index (χ3n) is 3.84. The Hall–Kier alpha value is -1.09. The minimum atomic E-state index is 0.323. The van der Waals surface area contributed by atoms with E-state index in [1.165, 1.54) is 11.3 Å². The Labute approximate surface area is 103 Å². The minimum Gasteiger partial charge on any atom is -0.376 e. The fourth-order valence-corrected chi connectivity index (χ4v) is 2.84. The van der Waals surface area contributed by atoms with Crippen LogP contribution in [-0.2, 0) is 17.7 Å². The van der Waals surface area contributed by atoms with Gasteiger partial charge >= 0.3 is 0 Å². The average molecular weight is 235 g/mol. The lowest BCUT2D eigenvalue weighted by Gasteiger charge is -2.14. The molecule has 0 spiro atoms. The van der Waals surface area contributed by atoms with Gasteiger partial charge in [-0.25, -0.2) is 0 Å². The van der Waals surface area contributed by atoms with E-state index in [2.05, 4.69) is 18.4 Å². The van der Waals surface area contributed by atoms with E-state index in [9.17, 15) is 4.79 Å². The quantitative estimate of drug-likeness (QED) is 0.751. The van der Waals surface area contributed by atoms with E-state index in [0.29, 0.717) is 6.10 Å². The predicted octanol–water partition coefficient (Wildman–Crippen LogP) is 2.66. The summed E-state index contributed by atoms with van der Waals surface area (Å²) in [7, 11) is 0. The minimum absolute atomic E-state index is 0.323. The van der Waals surface area contributed by atoms with Crippen LogP contribution in [0.3, 0.4) is 0 Å². The molecule has 3 heteroatoms. The zero-order valence-electron chi connectivity index (χ0n) is 11.0. The Morgan fingerprint density at radius 1 is 1.41 bits per heavy atom. The third kappa shape index (κ3) is 2.16. The van der Waals surface area contributed by atoms with E-state index in [1.54, 1.807) is 0 Å². The van der Waals surface area contributed by atoms with Crippen LogP contribution in [0.2, 0.25) is 0 Å². The maximum atomic E-state index is 11.2. The normalized spacial score (nSPS) is 19.8. The summed E-state index contributed by atoms with van der Waals surface area (Å²) in [5.41, 5.74) is 4.38. The molecule has 2 rings (SSSR count). The van der Waals surface area contributed by atoms with Crippen molar-refractivity contribution in [2.75, 3.05) is 6.61 Å². The molecular formula is C14H21NO2. The van der Waals surface area contributed by atoms with Gasteiger partial charge in [-0.1, -0.05) is 6.92 Å². The van der Waals surface area contributed by atoms with Gasteiger partial charge in [-0.15, -0.1) is 0 Å². The van der Waals surface area contributed by atoms with Crippen molar-refractivity contribution in [1.82, 2.24) is 4.57 Å². The second kappa shape index (κ2) is 5.05. The van der Waals surface area contributed by atoms with E-state index in [1.807, 2.05) is 6.92 Å². The summed E-state index contributed by atoms with van der Waals surface area (Å²) in [5.74, 6) is 0. The van der Waals surface area contributed by atoms with Crippen molar-refractivity contribution in [2.45, 2.75) is 52.7 Å². The van der Waals surface area contributed by atoms with Crippen LogP contribution in [-0.4, -0.2) is 23.6 Å². The number of ether oxygens (including phenoxy) is 1. The van der Waals surface area contributed by atoms with E-state index in [0.717, 1.165) is 50.0 Å². The highest BCUT2D eigenvalue weighted by molar-refractivity contribution is 5.80. The molecular weight excluding hydrogens is 214 g/mol. The van der Waals surface area contributed by atoms with Crippen LogP contribution in [0.5, 0.6) is 0 Å². The van der Waals surface area contributed by atoms with E-state index in [-0.39, 0.29) is 0 Å². The molecule has 3 nitrogen and oxygen atoms in total. The van der Waals surface area contributed by atoms with Crippen LogP contribution in [0.15, 0.2) is 0 Å². The van der Waals surface area contributed by atoms with Gasteiger partial charge in [-0.2, -0.15) is 0 Å². The first-order valence-corrected chi connectivity index (χ1v) is 6.44. The summed E-state index contributed by atoms with van der Waals surface area (Å²) in [4.78, 5) is 11.2. The lowest BCUT2D eigenvalue weighted by molar-refractivity contribution is 0.0960. The first-order chi connectivity index (χ1) is 8.19. The fourth-order valence-electron chi connectivity index (χ4n) is 2.84. The number of carbonyl (C=O) groups excluding carboxylic acids is 1. The van der Waals surface area contributed by atoms with Crippen molar-refractivity contribution in [3.8, 4) is 0 Å². The number of aromatic nitrogens is 1. The van der Waals surface area contributed by atoms with Crippen LogP contribution in [0.1, 0.15) is 47.1 Å². The second-order valence-corrected chi connectivity index (χ2v) is 4.78. The fraction of sp³-hybridized carbons (Fsp3) is 0.643. The van der Waals surface area contributed by atoms with Crippen LogP contribution in [0, 0.1) is 13.8 Å². The molecule has 0 aliphatic carbocycles. The SMILES string of the molecule is CCc1c(C=O)c(C)n(C[C@@H]2CCCO2)c1C. The lowest BCUT2D eigenvalue weighted by atomic mass is 10.1. The highest BCUT2D eigenvalue weighted by Crippen LogP contribution is 2.24. The standard InChI is InChI=1S/C14H21NO2/c1-4-13-10(2)15(11(3)14(13)9-16)8-12-6-5-7-17-12/h9,12H,4-8H2,1-3H3/t12-/m0/s1. The molecule has 1 saturated heterocycles. The van der Waals surface area contributed by atoms with Gasteiger partial charge in [0.15, 0.2) is 6.29 Å². The molecule has 1 fully saturated rings. The van der Waals surface area contributed by atoms with Crippen LogP contribution < -0.4 is 0 Å². The molecule has 0 amide bonds. The van der Waals surface area contributed by atoms with Gasteiger partial charge in [0.05, 0.1) is 6.10 Å². The number of nitrogens with zero attached hydrogens (tertiary/aromatic N) is 1. The zero-order valence-corrected chi connectivity index (χ0v) is 11.0. The summed E-state index contributed by atoms with van der Waals surface area (Å²) in [6, 6.07) is 0. The molecule has 0 radical (unpaired) electrons. The van der Waals surface area contributed by atoms with Gasteiger partial charge in [-0.05, 0) is 38.7 Å². The third-order valence-corrected chi connectivity index (χ3v) is 3.84. The number of aldehydes is 1. The van der Waals surface area contributed by atoms with Crippen molar-refractivity contribution in [2.24, 2.45) is 0 Å². The summed E-state index contributed by atoms with van der Waals surface area (Å²) < 4.78 is 7.92. The molecule has 0 aromatic carbocycles. The van der Waals surface area contributed by atoms with Gasteiger partial charge in [0.1, 0.15) is 0 Å².